The maximum absolute atomic E-state index is 12.4. The van der Waals surface area contributed by atoms with Crippen LogP contribution < -0.4 is 5.32 Å². The molecule has 1 aromatic carbocycles. The third kappa shape index (κ3) is 3.50. The van der Waals surface area contributed by atoms with Crippen LogP contribution in [0.1, 0.15) is 34.7 Å². The van der Waals surface area contributed by atoms with E-state index in [0.29, 0.717) is 12.1 Å². The average molecular weight is 351 g/mol. The molecule has 2 N–H and O–H groups in total. The molecule has 136 valence electrons. The van der Waals surface area contributed by atoms with Crippen LogP contribution in [0.3, 0.4) is 0 Å². The molecule has 1 saturated heterocycles. The highest BCUT2D eigenvalue weighted by Crippen LogP contribution is 2.43. The number of aliphatic hydroxyl groups excluding tert-OH is 1. The standard InChI is InChI=1S/C21H25N3O2/c25-14-19-20(16-5-2-1-3-6-16)18(24(19)13-15-8-9-15)12-23-21(26)17-7-4-10-22-11-17/h1-7,10-11,15,18-20,25H,8-9,12-14H2,(H,23,26)/t18-,19+,20+/m1/s1. The number of aliphatic hydroxyl groups is 1. The van der Waals surface area contributed by atoms with Gasteiger partial charge in [-0.05, 0) is 36.5 Å². The Morgan fingerprint density at radius 2 is 1.96 bits per heavy atom. The number of carbonyl (C=O) groups excluding carboxylic acids is 1. The number of hydrogen-bond acceptors (Lipinski definition) is 4. The maximum Gasteiger partial charge on any atom is 0.252 e. The monoisotopic (exact) mass is 351 g/mol. The Hall–Kier alpha value is -2.24. The molecule has 1 aromatic heterocycles. The number of aromatic nitrogens is 1. The summed E-state index contributed by atoms with van der Waals surface area (Å²) >= 11 is 0. The van der Waals surface area contributed by atoms with Gasteiger partial charge < -0.3 is 10.4 Å². The highest BCUT2D eigenvalue weighted by Gasteiger charge is 2.49. The van der Waals surface area contributed by atoms with Crippen molar-refractivity contribution in [3.05, 3.63) is 66.0 Å². The molecule has 1 aliphatic carbocycles. The van der Waals surface area contributed by atoms with E-state index in [0.717, 1.165) is 12.5 Å². The molecule has 2 aromatic rings. The number of rotatable bonds is 7. The molecule has 4 rings (SSSR count). The Bertz CT molecular complexity index is 733. The maximum atomic E-state index is 12.4. The Balaban J connectivity index is 1.48. The van der Waals surface area contributed by atoms with Crippen molar-refractivity contribution in [2.24, 2.45) is 5.92 Å². The van der Waals surface area contributed by atoms with Crippen molar-refractivity contribution < 1.29 is 9.90 Å². The summed E-state index contributed by atoms with van der Waals surface area (Å²) in [7, 11) is 0. The minimum atomic E-state index is -0.0938. The van der Waals surface area contributed by atoms with Crippen molar-refractivity contribution in [1.82, 2.24) is 15.2 Å². The fourth-order valence-electron chi connectivity index (χ4n) is 4.06. The number of nitrogens with zero attached hydrogens (tertiary/aromatic N) is 2. The Labute approximate surface area is 154 Å². The Morgan fingerprint density at radius 3 is 2.62 bits per heavy atom. The fraction of sp³-hybridized carbons (Fsp3) is 0.429. The lowest BCUT2D eigenvalue weighted by Gasteiger charge is -2.55. The molecule has 1 aliphatic heterocycles. The lowest BCUT2D eigenvalue weighted by Crippen LogP contribution is -2.67. The lowest BCUT2D eigenvalue weighted by atomic mass is 9.75. The van der Waals surface area contributed by atoms with Gasteiger partial charge in [-0.2, -0.15) is 0 Å². The van der Waals surface area contributed by atoms with Gasteiger partial charge in [0.15, 0.2) is 0 Å². The van der Waals surface area contributed by atoms with Crippen LogP contribution in [0.4, 0.5) is 0 Å². The van der Waals surface area contributed by atoms with Crippen LogP contribution in [-0.4, -0.2) is 52.7 Å². The summed E-state index contributed by atoms with van der Waals surface area (Å²) in [6.07, 6.45) is 5.81. The molecule has 0 radical (unpaired) electrons. The normalized spacial score (nSPS) is 25.5. The average Bonchev–Trinajstić information content (AvgIpc) is 3.50. The largest absolute Gasteiger partial charge is 0.395 e. The smallest absolute Gasteiger partial charge is 0.252 e. The van der Waals surface area contributed by atoms with Crippen molar-refractivity contribution in [1.29, 1.82) is 0 Å². The van der Waals surface area contributed by atoms with Crippen LogP contribution in [0.15, 0.2) is 54.9 Å². The second-order valence-electron chi connectivity index (χ2n) is 7.35. The molecule has 3 atom stereocenters. The van der Waals surface area contributed by atoms with Crippen molar-refractivity contribution in [2.75, 3.05) is 19.7 Å². The lowest BCUT2D eigenvalue weighted by molar-refractivity contribution is -0.0445. The van der Waals surface area contributed by atoms with Crippen LogP contribution in [-0.2, 0) is 0 Å². The topological polar surface area (TPSA) is 65.5 Å². The molecule has 2 heterocycles. The van der Waals surface area contributed by atoms with E-state index in [9.17, 15) is 9.90 Å². The van der Waals surface area contributed by atoms with E-state index in [1.54, 1.807) is 24.5 Å². The number of carbonyl (C=O) groups is 1. The van der Waals surface area contributed by atoms with Gasteiger partial charge in [-0.15, -0.1) is 0 Å². The molecule has 0 spiro atoms. The van der Waals surface area contributed by atoms with E-state index in [-0.39, 0.29) is 30.5 Å². The van der Waals surface area contributed by atoms with E-state index in [1.165, 1.54) is 18.4 Å². The fourth-order valence-corrected chi connectivity index (χ4v) is 4.06. The summed E-state index contributed by atoms with van der Waals surface area (Å²) in [4.78, 5) is 18.8. The molecule has 1 amide bonds. The zero-order valence-electron chi connectivity index (χ0n) is 14.8. The second kappa shape index (κ2) is 7.56. The van der Waals surface area contributed by atoms with Gasteiger partial charge in [-0.25, -0.2) is 0 Å². The predicted molar refractivity (Wildman–Crippen MR) is 99.8 cm³/mol. The first kappa shape index (κ1) is 17.2. The summed E-state index contributed by atoms with van der Waals surface area (Å²) in [6.45, 7) is 1.75. The minimum absolute atomic E-state index is 0.0938. The predicted octanol–water partition coefficient (Wildman–Crippen LogP) is 2.05. The molecule has 5 heteroatoms. The van der Waals surface area contributed by atoms with Crippen LogP contribution in [0.25, 0.3) is 0 Å². The molecule has 26 heavy (non-hydrogen) atoms. The van der Waals surface area contributed by atoms with Crippen LogP contribution >= 0.6 is 0 Å². The number of hydrogen-bond donors (Lipinski definition) is 2. The van der Waals surface area contributed by atoms with Crippen molar-refractivity contribution in [3.63, 3.8) is 0 Å². The molecular formula is C21H25N3O2. The van der Waals surface area contributed by atoms with Crippen LogP contribution in [0.5, 0.6) is 0 Å². The minimum Gasteiger partial charge on any atom is -0.395 e. The first-order valence-corrected chi connectivity index (χ1v) is 9.37. The van der Waals surface area contributed by atoms with E-state index in [2.05, 4.69) is 27.3 Å². The van der Waals surface area contributed by atoms with E-state index >= 15 is 0 Å². The van der Waals surface area contributed by atoms with E-state index in [4.69, 9.17) is 0 Å². The number of pyridine rings is 1. The summed E-state index contributed by atoms with van der Waals surface area (Å²) in [5.41, 5.74) is 1.81. The third-order valence-corrected chi connectivity index (χ3v) is 5.61. The number of benzene rings is 1. The second-order valence-corrected chi connectivity index (χ2v) is 7.35. The molecule has 5 nitrogen and oxygen atoms in total. The number of likely N-dealkylation sites (tertiary alicyclic amines) is 1. The third-order valence-electron chi connectivity index (χ3n) is 5.61. The van der Waals surface area contributed by atoms with Gasteiger partial charge in [0.05, 0.1) is 12.2 Å². The molecule has 0 unspecified atom stereocenters. The van der Waals surface area contributed by atoms with Gasteiger partial charge in [0.1, 0.15) is 0 Å². The van der Waals surface area contributed by atoms with Gasteiger partial charge in [-0.3, -0.25) is 14.7 Å². The number of amides is 1. The van der Waals surface area contributed by atoms with Gasteiger partial charge in [-0.1, -0.05) is 30.3 Å². The number of nitrogens with one attached hydrogen (secondary N) is 1. The molecule has 1 saturated carbocycles. The molecule has 2 aliphatic rings. The van der Waals surface area contributed by atoms with Crippen molar-refractivity contribution in [3.8, 4) is 0 Å². The van der Waals surface area contributed by atoms with Gasteiger partial charge in [0.25, 0.3) is 5.91 Å². The van der Waals surface area contributed by atoms with Crippen LogP contribution in [0, 0.1) is 5.92 Å². The van der Waals surface area contributed by atoms with E-state index < -0.39 is 0 Å². The molecule has 0 bridgehead atoms. The first-order chi connectivity index (χ1) is 12.8. The van der Waals surface area contributed by atoms with Gasteiger partial charge >= 0.3 is 0 Å². The molecular weight excluding hydrogens is 326 g/mol. The van der Waals surface area contributed by atoms with Crippen molar-refractivity contribution in [2.45, 2.75) is 30.8 Å². The molecule has 2 fully saturated rings. The summed E-state index contributed by atoms with van der Waals surface area (Å²) in [6, 6.07) is 14.2. The Morgan fingerprint density at radius 1 is 1.15 bits per heavy atom. The SMILES string of the molecule is O=C(NC[C@@H]1[C@H](c2ccccc2)[C@H](CO)N1CC1CC1)c1cccnc1. The van der Waals surface area contributed by atoms with Gasteiger partial charge in [0, 0.05) is 43.5 Å². The summed E-state index contributed by atoms with van der Waals surface area (Å²) in [5.74, 6) is 0.898. The van der Waals surface area contributed by atoms with Crippen molar-refractivity contribution >= 4 is 5.91 Å². The highest BCUT2D eigenvalue weighted by molar-refractivity contribution is 5.93. The summed E-state index contributed by atoms with van der Waals surface area (Å²) < 4.78 is 0. The van der Waals surface area contributed by atoms with Crippen LogP contribution in [0.2, 0.25) is 0 Å². The summed E-state index contributed by atoms with van der Waals surface area (Å²) in [5, 5.41) is 13.0. The zero-order chi connectivity index (χ0) is 17.9. The highest BCUT2D eigenvalue weighted by atomic mass is 16.3. The first-order valence-electron chi connectivity index (χ1n) is 9.37. The van der Waals surface area contributed by atoms with E-state index in [1.807, 2.05) is 18.2 Å². The Kier molecular flexibility index (Phi) is 5.00. The quantitative estimate of drug-likeness (QED) is 0.801. The van der Waals surface area contributed by atoms with Gasteiger partial charge in [0.2, 0.25) is 0 Å². The zero-order valence-corrected chi connectivity index (χ0v) is 14.8.